The second-order valence-corrected chi connectivity index (χ2v) is 6.03. The van der Waals surface area contributed by atoms with Gasteiger partial charge in [0, 0.05) is 0 Å². The van der Waals surface area contributed by atoms with Gasteiger partial charge in [0.05, 0.1) is 15.9 Å². The maximum absolute atomic E-state index is 13.2. The van der Waals surface area contributed by atoms with Crippen LogP contribution in [0.5, 0.6) is 0 Å². The molecule has 0 aromatic rings. The van der Waals surface area contributed by atoms with Crippen LogP contribution >= 0.6 is 0 Å². The topological polar surface area (TPSA) is 57.2 Å². The molecule has 24 heavy (non-hydrogen) atoms. The third kappa shape index (κ3) is 7.84. The van der Waals surface area contributed by atoms with Crippen molar-refractivity contribution in [3.8, 4) is 0 Å². The Hall–Kier alpha value is -0.123. The Kier molecular flexibility index (Phi) is 11.7. The second-order valence-electron chi connectivity index (χ2n) is 4.58. The molecule has 0 radical (unpaired) electrons. The fraction of sp³-hybridized carbons (Fsp3) is 1.00. The van der Waals surface area contributed by atoms with Crippen LogP contribution in [0.15, 0.2) is 0 Å². The van der Waals surface area contributed by atoms with E-state index in [1.807, 2.05) is 0 Å². The van der Waals surface area contributed by atoms with E-state index in [1.54, 1.807) is 0 Å². The van der Waals surface area contributed by atoms with Crippen molar-refractivity contribution < 1.29 is 71.3 Å². The Labute approximate surface area is 143 Å². The first-order valence-corrected chi connectivity index (χ1v) is 7.53. The molecule has 3 nitrogen and oxygen atoms in total. The molecule has 0 saturated heterocycles. The minimum absolute atomic E-state index is 0. The number of alkyl halides is 9. The van der Waals surface area contributed by atoms with Gasteiger partial charge in [-0.15, -0.1) is 0 Å². The zero-order valence-corrected chi connectivity index (χ0v) is 12.9. The number of hydrogen-bond donors (Lipinski definition) is 0. The summed E-state index contributed by atoms with van der Waals surface area (Å²) in [5.74, 6) is -2.10. The Balaban J connectivity index is 0. The third-order valence-electron chi connectivity index (χ3n) is 2.72. The van der Waals surface area contributed by atoms with Crippen LogP contribution in [0.2, 0.25) is 0 Å². The van der Waals surface area contributed by atoms with Crippen molar-refractivity contribution in [2.24, 2.45) is 0 Å². The third-order valence-corrected chi connectivity index (χ3v) is 3.45. The summed E-state index contributed by atoms with van der Waals surface area (Å²) in [5.41, 5.74) is 0. The molecule has 0 aliphatic carbocycles. The molecule has 0 amide bonds. The van der Waals surface area contributed by atoms with Crippen molar-refractivity contribution in [1.29, 1.82) is 0 Å². The molecule has 0 fully saturated rings. The molecule has 0 heterocycles. The summed E-state index contributed by atoms with van der Waals surface area (Å²) in [6, 6.07) is 0. The van der Waals surface area contributed by atoms with Gasteiger partial charge in [0.2, 0.25) is 0 Å². The first kappa shape index (κ1) is 26.1. The van der Waals surface area contributed by atoms with Gasteiger partial charge < -0.3 is 4.55 Å². The maximum atomic E-state index is 13.2. The molecule has 14 heteroatoms. The van der Waals surface area contributed by atoms with Gasteiger partial charge in [0.15, 0.2) is 43.2 Å². The summed E-state index contributed by atoms with van der Waals surface area (Å²) in [5, 5.41) is 0. The summed E-state index contributed by atoms with van der Waals surface area (Å²) >= 11 is 0. The van der Waals surface area contributed by atoms with Crippen LogP contribution in [0, 0.1) is 0 Å². The molecule has 8 unspecified atom stereocenters. The average molecular weight is 390 g/mol. The molecule has 140 valence electrons. The summed E-state index contributed by atoms with van der Waals surface area (Å²) in [4.78, 5) is 0. The first-order chi connectivity index (χ1) is 10.3. The SMILES string of the molecule is O=S(=O)([O-])CC(F)C(F)C(F)C(F)C(F)C(F)C(F)C(F)CF.[Li+]. The zero-order chi connectivity index (χ0) is 18.5. The van der Waals surface area contributed by atoms with Crippen LogP contribution in [0.4, 0.5) is 39.5 Å². The van der Waals surface area contributed by atoms with Crippen molar-refractivity contribution in [1.82, 2.24) is 0 Å². The smallest absolute Gasteiger partial charge is 0.748 e. The molecule has 0 aromatic heterocycles. The van der Waals surface area contributed by atoms with Crippen LogP contribution in [0.1, 0.15) is 0 Å². The van der Waals surface area contributed by atoms with E-state index in [-0.39, 0.29) is 18.9 Å². The fourth-order valence-corrected chi connectivity index (χ4v) is 2.05. The van der Waals surface area contributed by atoms with E-state index >= 15 is 0 Å². The molecule has 8 atom stereocenters. The van der Waals surface area contributed by atoms with Gasteiger partial charge in [-0.2, -0.15) is 0 Å². The molecule has 0 aromatic carbocycles. The number of halogens is 9. The van der Waals surface area contributed by atoms with Crippen LogP contribution in [0.3, 0.4) is 0 Å². The minimum Gasteiger partial charge on any atom is -0.748 e. The molecule has 0 N–H and O–H groups in total. The summed E-state index contributed by atoms with van der Waals surface area (Å²) in [7, 11) is -5.37. The van der Waals surface area contributed by atoms with E-state index < -0.39 is 71.9 Å². The zero-order valence-electron chi connectivity index (χ0n) is 12.1. The standard InChI is InChI=1S/C10H13F9O3S.Li/c11-1-3(12)5(14)7(16)9(18)10(19)8(17)6(15)4(13)2-23(20,21)22;/h3-10H,1-2H2,(H,20,21,22);/q;+1/p-1. The van der Waals surface area contributed by atoms with Crippen molar-refractivity contribution in [3.05, 3.63) is 0 Å². The minimum atomic E-state index is -5.37. The molecular formula is C10H12F9LiO3S. The maximum Gasteiger partial charge on any atom is 1.00 e. The van der Waals surface area contributed by atoms with Crippen molar-refractivity contribution in [2.75, 3.05) is 12.4 Å². The normalized spacial score (nSPS) is 22.4. The van der Waals surface area contributed by atoms with Crippen LogP contribution in [0.25, 0.3) is 0 Å². The monoisotopic (exact) mass is 390 g/mol. The summed E-state index contributed by atoms with van der Waals surface area (Å²) < 4.78 is 146. The summed E-state index contributed by atoms with van der Waals surface area (Å²) in [6.07, 6.45) is -29.0. The van der Waals surface area contributed by atoms with E-state index in [0.717, 1.165) is 0 Å². The van der Waals surface area contributed by atoms with E-state index in [1.165, 1.54) is 0 Å². The van der Waals surface area contributed by atoms with E-state index in [2.05, 4.69) is 0 Å². The Morgan fingerprint density at radius 2 is 0.958 bits per heavy atom. The second kappa shape index (κ2) is 10.8. The fourth-order valence-electron chi connectivity index (χ4n) is 1.47. The molecule has 0 saturated carbocycles. The first-order valence-electron chi connectivity index (χ1n) is 5.95. The van der Waals surface area contributed by atoms with Crippen molar-refractivity contribution in [3.63, 3.8) is 0 Å². The van der Waals surface area contributed by atoms with Gasteiger partial charge in [0.25, 0.3) is 0 Å². The van der Waals surface area contributed by atoms with E-state index in [4.69, 9.17) is 0 Å². The van der Waals surface area contributed by atoms with Gasteiger partial charge in [0.1, 0.15) is 12.8 Å². The van der Waals surface area contributed by atoms with E-state index in [9.17, 15) is 52.5 Å². The van der Waals surface area contributed by atoms with Crippen LogP contribution < -0.4 is 18.9 Å². The number of hydrogen-bond acceptors (Lipinski definition) is 3. The van der Waals surface area contributed by atoms with Gasteiger partial charge in [-0.1, -0.05) is 0 Å². The number of rotatable bonds is 10. The van der Waals surface area contributed by atoms with Crippen molar-refractivity contribution in [2.45, 2.75) is 49.4 Å². The molecule has 0 aliphatic rings. The molecule has 0 rings (SSSR count). The Morgan fingerprint density at radius 1 is 0.667 bits per heavy atom. The van der Waals surface area contributed by atoms with Crippen molar-refractivity contribution >= 4 is 10.1 Å². The van der Waals surface area contributed by atoms with Crippen LogP contribution in [-0.4, -0.2) is 74.8 Å². The Morgan fingerprint density at radius 3 is 1.25 bits per heavy atom. The van der Waals surface area contributed by atoms with Gasteiger partial charge in [-0.3, -0.25) is 0 Å². The van der Waals surface area contributed by atoms with Gasteiger partial charge >= 0.3 is 18.9 Å². The Bertz CT molecular complexity index is 457. The van der Waals surface area contributed by atoms with Crippen LogP contribution in [-0.2, 0) is 10.1 Å². The molecule has 0 bridgehead atoms. The predicted octanol–water partition coefficient (Wildman–Crippen LogP) is -0.790. The average Bonchev–Trinajstić information content (AvgIpc) is 2.47. The quantitative estimate of drug-likeness (QED) is 0.279. The molecule has 0 spiro atoms. The largest absolute Gasteiger partial charge is 1.00 e. The van der Waals surface area contributed by atoms with Gasteiger partial charge in [-0.05, 0) is 0 Å². The summed E-state index contributed by atoms with van der Waals surface area (Å²) in [6.45, 7) is -2.09. The molecular weight excluding hydrogens is 378 g/mol. The molecule has 0 aliphatic heterocycles. The predicted molar refractivity (Wildman–Crippen MR) is 59.7 cm³/mol. The van der Waals surface area contributed by atoms with E-state index in [0.29, 0.717) is 0 Å². The van der Waals surface area contributed by atoms with Gasteiger partial charge in [-0.25, -0.2) is 47.9 Å².